The number of nitrogens with one attached hydrogen (secondary N) is 1. The Balaban J connectivity index is 1.41. The number of nitrogens with zero attached hydrogens (tertiary/aromatic N) is 1. The van der Waals surface area contributed by atoms with Gasteiger partial charge < -0.3 is 15.0 Å². The Morgan fingerprint density at radius 1 is 1.07 bits per heavy atom. The molecule has 0 bridgehead atoms. The maximum Gasteiger partial charge on any atom is 0.416 e. The lowest BCUT2D eigenvalue weighted by atomic mass is 9.90. The van der Waals surface area contributed by atoms with E-state index in [4.69, 9.17) is 4.74 Å². The highest BCUT2D eigenvalue weighted by Gasteiger charge is 2.30. The number of aryl methyl sites for hydroxylation is 1. The molecule has 162 valence electrons. The number of rotatable bonds is 6. The number of hydrogen-bond acceptors (Lipinski definition) is 2. The molecule has 1 aliphatic rings. The Bertz CT molecular complexity index is 812. The third-order valence-electron chi connectivity index (χ3n) is 5.44. The lowest BCUT2D eigenvalue weighted by Crippen LogP contribution is -2.41. The van der Waals surface area contributed by atoms with Crippen molar-refractivity contribution in [3.05, 3.63) is 59.7 Å². The van der Waals surface area contributed by atoms with Crippen molar-refractivity contribution in [2.24, 2.45) is 5.92 Å². The molecule has 1 aliphatic heterocycles. The Kier molecular flexibility index (Phi) is 7.24. The number of hydrogen-bond donors (Lipinski definition) is 1. The van der Waals surface area contributed by atoms with Crippen molar-refractivity contribution < 1.29 is 22.7 Å². The van der Waals surface area contributed by atoms with Crippen molar-refractivity contribution in [3.8, 4) is 5.75 Å². The van der Waals surface area contributed by atoms with Crippen LogP contribution in [0, 0.1) is 5.92 Å². The highest BCUT2D eigenvalue weighted by Crippen LogP contribution is 2.30. The highest BCUT2D eigenvalue weighted by atomic mass is 19.4. The maximum absolute atomic E-state index is 12.6. The summed E-state index contributed by atoms with van der Waals surface area (Å²) in [4.78, 5) is 14.3. The van der Waals surface area contributed by atoms with Crippen LogP contribution >= 0.6 is 0 Å². The van der Waals surface area contributed by atoms with Gasteiger partial charge in [-0.3, -0.25) is 0 Å². The number of anilines is 1. The van der Waals surface area contributed by atoms with Crippen molar-refractivity contribution in [1.29, 1.82) is 0 Å². The van der Waals surface area contributed by atoms with E-state index in [1.54, 1.807) is 12.1 Å². The van der Waals surface area contributed by atoms with E-state index in [-0.39, 0.29) is 6.03 Å². The second kappa shape index (κ2) is 9.87. The second-order valence-corrected chi connectivity index (χ2v) is 7.55. The summed E-state index contributed by atoms with van der Waals surface area (Å²) in [6, 6.07) is 12.6. The van der Waals surface area contributed by atoms with Gasteiger partial charge in [0.15, 0.2) is 0 Å². The third-order valence-corrected chi connectivity index (χ3v) is 5.44. The number of ether oxygens (including phenoxy) is 1. The largest absolute Gasteiger partial charge is 0.494 e. The number of amides is 2. The normalized spacial score (nSPS) is 15.1. The van der Waals surface area contributed by atoms with Crippen LogP contribution in [0.3, 0.4) is 0 Å². The molecule has 0 saturated carbocycles. The maximum atomic E-state index is 12.6. The average Bonchev–Trinajstić information content (AvgIpc) is 2.74. The van der Waals surface area contributed by atoms with E-state index in [1.807, 2.05) is 36.1 Å². The minimum absolute atomic E-state index is 0.111. The molecule has 0 unspecified atom stereocenters. The quantitative estimate of drug-likeness (QED) is 0.625. The molecule has 0 atom stereocenters. The van der Waals surface area contributed by atoms with Crippen LogP contribution in [0.1, 0.15) is 37.3 Å². The Labute approximate surface area is 175 Å². The molecule has 1 saturated heterocycles. The smallest absolute Gasteiger partial charge is 0.416 e. The van der Waals surface area contributed by atoms with Gasteiger partial charge in [-0.1, -0.05) is 12.1 Å². The van der Waals surface area contributed by atoms with Crippen LogP contribution in [0.4, 0.5) is 23.7 Å². The van der Waals surface area contributed by atoms with E-state index in [2.05, 4.69) is 5.32 Å². The molecule has 4 nitrogen and oxygen atoms in total. The number of halogens is 3. The molecule has 2 aromatic carbocycles. The van der Waals surface area contributed by atoms with Gasteiger partial charge in [-0.15, -0.1) is 0 Å². The van der Waals surface area contributed by atoms with E-state index in [1.165, 1.54) is 0 Å². The molecule has 0 spiro atoms. The SMILES string of the molecule is CCOc1ccc(NC(=O)N2CCC(CCc3ccc(C(F)(F)F)cc3)CC2)cc1. The van der Waals surface area contributed by atoms with Crippen LogP contribution in [0.15, 0.2) is 48.5 Å². The number of piperidine rings is 1. The van der Waals surface area contributed by atoms with Gasteiger partial charge in [-0.25, -0.2) is 4.79 Å². The zero-order valence-electron chi connectivity index (χ0n) is 17.0. The van der Waals surface area contributed by atoms with Crippen molar-refractivity contribution in [1.82, 2.24) is 4.90 Å². The molecule has 0 aliphatic carbocycles. The Hall–Kier alpha value is -2.70. The fourth-order valence-corrected chi connectivity index (χ4v) is 3.66. The van der Waals surface area contributed by atoms with Crippen LogP contribution in [0.25, 0.3) is 0 Å². The number of likely N-dealkylation sites (tertiary alicyclic amines) is 1. The summed E-state index contributed by atoms with van der Waals surface area (Å²) in [5, 5.41) is 2.91. The zero-order chi connectivity index (χ0) is 21.6. The van der Waals surface area contributed by atoms with Crippen molar-refractivity contribution in [2.45, 2.75) is 38.8 Å². The van der Waals surface area contributed by atoms with Crippen molar-refractivity contribution in [3.63, 3.8) is 0 Å². The molecule has 3 rings (SSSR count). The third kappa shape index (κ3) is 6.15. The number of benzene rings is 2. The standard InChI is InChI=1S/C23H27F3N2O2/c1-2-30-21-11-9-20(10-12-21)27-22(29)28-15-13-18(14-16-28)4-3-17-5-7-19(8-6-17)23(24,25)26/h5-12,18H,2-4,13-16H2,1H3,(H,27,29). The van der Waals surface area contributed by atoms with Crippen LogP contribution in [0.5, 0.6) is 5.75 Å². The minimum Gasteiger partial charge on any atom is -0.494 e. The minimum atomic E-state index is -4.29. The van der Waals surface area contributed by atoms with E-state index in [0.717, 1.165) is 54.8 Å². The van der Waals surface area contributed by atoms with Crippen LogP contribution in [-0.2, 0) is 12.6 Å². The van der Waals surface area contributed by atoms with E-state index in [0.29, 0.717) is 25.6 Å². The molecule has 7 heteroatoms. The summed E-state index contributed by atoms with van der Waals surface area (Å²) in [6.07, 6.45) is -0.827. The van der Waals surface area contributed by atoms with E-state index < -0.39 is 11.7 Å². The molecule has 2 amide bonds. The second-order valence-electron chi connectivity index (χ2n) is 7.55. The number of alkyl halides is 3. The first-order chi connectivity index (χ1) is 14.3. The lowest BCUT2D eigenvalue weighted by molar-refractivity contribution is -0.137. The lowest BCUT2D eigenvalue weighted by Gasteiger charge is -2.32. The zero-order valence-corrected chi connectivity index (χ0v) is 17.0. The molecule has 1 N–H and O–H groups in total. The number of carbonyl (C=O) groups excluding carboxylic acids is 1. The first-order valence-electron chi connectivity index (χ1n) is 10.3. The Morgan fingerprint density at radius 2 is 1.70 bits per heavy atom. The summed E-state index contributed by atoms with van der Waals surface area (Å²) < 4.78 is 43.3. The molecule has 2 aromatic rings. The van der Waals surface area contributed by atoms with Gasteiger partial charge in [0.2, 0.25) is 0 Å². The topological polar surface area (TPSA) is 41.6 Å². The molecule has 30 heavy (non-hydrogen) atoms. The summed E-state index contributed by atoms with van der Waals surface area (Å²) in [5.74, 6) is 1.24. The first-order valence-corrected chi connectivity index (χ1v) is 10.3. The van der Waals surface area contributed by atoms with E-state index >= 15 is 0 Å². The van der Waals surface area contributed by atoms with Gasteiger partial charge in [0.25, 0.3) is 0 Å². The molecule has 0 radical (unpaired) electrons. The van der Waals surface area contributed by atoms with Crippen LogP contribution < -0.4 is 10.1 Å². The first kappa shape index (κ1) is 22.0. The predicted molar refractivity (Wildman–Crippen MR) is 111 cm³/mol. The molecule has 1 fully saturated rings. The summed E-state index contributed by atoms with van der Waals surface area (Å²) in [7, 11) is 0. The average molecular weight is 420 g/mol. The van der Waals surface area contributed by atoms with Gasteiger partial charge in [-0.05, 0) is 80.5 Å². The van der Waals surface area contributed by atoms with Gasteiger partial charge in [0.1, 0.15) is 5.75 Å². The summed E-state index contributed by atoms with van der Waals surface area (Å²) >= 11 is 0. The monoisotopic (exact) mass is 420 g/mol. The van der Waals surface area contributed by atoms with Crippen molar-refractivity contribution >= 4 is 11.7 Å². The highest BCUT2D eigenvalue weighted by molar-refractivity contribution is 5.89. The number of urea groups is 1. The molecule has 1 heterocycles. The Morgan fingerprint density at radius 3 is 2.27 bits per heavy atom. The molecular formula is C23H27F3N2O2. The van der Waals surface area contributed by atoms with Gasteiger partial charge in [-0.2, -0.15) is 13.2 Å². The molecule has 0 aromatic heterocycles. The van der Waals surface area contributed by atoms with Crippen LogP contribution in [-0.4, -0.2) is 30.6 Å². The summed E-state index contributed by atoms with van der Waals surface area (Å²) in [5.41, 5.74) is 1.03. The van der Waals surface area contributed by atoms with E-state index in [9.17, 15) is 18.0 Å². The van der Waals surface area contributed by atoms with Gasteiger partial charge >= 0.3 is 12.2 Å². The fourth-order valence-electron chi connectivity index (χ4n) is 3.66. The molecular weight excluding hydrogens is 393 g/mol. The number of carbonyl (C=O) groups is 1. The van der Waals surface area contributed by atoms with Gasteiger partial charge in [0.05, 0.1) is 12.2 Å². The predicted octanol–water partition coefficient (Wildman–Crippen LogP) is 5.98. The summed E-state index contributed by atoms with van der Waals surface area (Å²) in [6.45, 7) is 3.88. The fraction of sp³-hybridized carbons (Fsp3) is 0.435. The van der Waals surface area contributed by atoms with Crippen molar-refractivity contribution in [2.75, 3.05) is 25.0 Å². The van der Waals surface area contributed by atoms with Gasteiger partial charge in [0, 0.05) is 18.8 Å². The van der Waals surface area contributed by atoms with Crippen LogP contribution in [0.2, 0.25) is 0 Å².